The molecule has 5 unspecified atom stereocenters. The molecule has 0 aromatic rings. The van der Waals surface area contributed by atoms with Crippen LogP contribution in [-0.2, 0) is 14.3 Å². The lowest BCUT2D eigenvalue weighted by molar-refractivity contribution is -0.149. The van der Waals surface area contributed by atoms with Gasteiger partial charge in [-0.15, -0.1) is 0 Å². The van der Waals surface area contributed by atoms with Gasteiger partial charge < -0.3 is 15.2 Å². The molecule has 1 saturated heterocycles. The van der Waals surface area contributed by atoms with Gasteiger partial charge in [0.05, 0.1) is 6.10 Å². The lowest BCUT2D eigenvalue weighted by atomic mass is 9.93. The number of nitrogens with one attached hydrogen (secondary N) is 1. The molecule has 1 heterocycles. The Bertz CT molecular complexity index is 420. The summed E-state index contributed by atoms with van der Waals surface area (Å²) >= 11 is 0. The fourth-order valence-corrected chi connectivity index (χ4v) is 3.47. The topological polar surface area (TPSA) is 75.6 Å². The Balaban J connectivity index is 1.44. The minimum absolute atomic E-state index is 0.0965. The second-order valence-electron chi connectivity index (χ2n) is 5.79. The molecule has 1 amide bonds. The molecule has 0 radical (unpaired) electrons. The molecule has 19 heavy (non-hydrogen) atoms. The number of fused-ring (bicyclic) bond motifs is 2. The van der Waals surface area contributed by atoms with Crippen LogP contribution in [0.1, 0.15) is 25.7 Å². The molecule has 3 rings (SSSR count). The van der Waals surface area contributed by atoms with Gasteiger partial charge in [0.1, 0.15) is 0 Å². The second-order valence-corrected chi connectivity index (χ2v) is 5.79. The van der Waals surface area contributed by atoms with E-state index < -0.39 is 12.1 Å². The first-order valence-electron chi connectivity index (χ1n) is 6.98. The van der Waals surface area contributed by atoms with E-state index in [1.54, 1.807) is 0 Å². The number of rotatable bonds is 4. The maximum Gasteiger partial charge on any atom is 0.332 e. The lowest BCUT2D eigenvalue weighted by Gasteiger charge is -2.19. The third kappa shape index (κ3) is 2.52. The monoisotopic (exact) mass is 265 g/mol. The molecule has 0 aromatic heterocycles. The second kappa shape index (κ2) is 4.96. The van der Waals surface area contributed by atoms with Gasteiger partial charge in [-0.1, -0.05) is 12.2 Å². The molecule has 104 valence electrons. The zero-order valence-corrected chi connectivity index (χ0v) is 10.7. The van der Waals surface area contributed by atoms with Gasteiger partial charge in [0.2, 0.25) is 5.91 Å². The van der Waals surface area contributed by atoms with Crippen molar-refractivity contribution in [3.8, 4) is 0 Å². The SMILES string of the molecule is O=C(O)C1CCC(CNC(=O)C2CC3C=CC2C3)O1. The number of hydrogen-bond acceptors (Lipinski definition) is 3. The fraction of sp³-hybridized carbons (Fsp3) is 0.714. The summed E-state index contributed by atoms with van der Waals surface area (Å²) in [5.41, 5.74) is 0. The number of hydrogen-bond donors (Lipinski definition) is 2. The van der Waals surface area contributed by atoms with Crippen molar-refractivity contribution in [2.75, 3.05) is 6.54 Å². The van der Waals surface area contributed by atoms with Crippen LogP contribution in [0.15, 0.2) is 12.2 Å². The van der Waals surface area contributed by atoms with E-state index in [0.717, 1.165) is 12.8 Å². The van der Waals surface area contributed by atoms with Gasteiger partial charge in [-0.2, -0.15) is 0 Å². The molecule has 2 bridgehead atoms. The van der Waals surface area contributed by atoms with Crippen LogP contribution >= 0.6 is 0 Å². The van der Waals surface area contributed by atoms with Crippen LogP contribution in [0.25, 0.3) is 0 Å². The highest BCUT2D eigenvalue weighted by Gasteiger charge is 2.40. The van der Waals surface area contributed by atoms with Crippen LogP contribution in [0.2, 0.25) is 0 Å². The average molecular weight is 265 g/mol. The Morgan fingerprint density at radius 2 is 2.11 bits per heavy atom. The van der Waals surface area contributed by atoms with Crippen LogP contribution in [-0.4, -0.2) is 35.7 Å². The van der Waals surface area contributed by atoms with Crippen molar-refractivity contribution in [2.45, 2.75) is 37.9 Å². The first kappa shape index (κ1) is 12.7. The Morgan fingerprint density at radius 3 is 2.68 bits per heavy atom. The minimum Gasteiger partial charge on any atom is -0.479 e. The van der Waals surface area contributed by atoms with Gasteiger partial charge in [-0.3, -0.25) is 4.79 Å². The summed E-state index contributed by atoms with van der Waals surface area (Å²) in [6.07, 6.45) is 6.82. The van der Waals surface area contributed by atoms with E-state index in [2.05, 4.69) is 17.5 Å². The van der Waals surface area contributed by atoms with E-state index in [1.807, 2.05) is 0 Å². The predicted molar refractivity (Wildman–Crippen MR) is 67.4 cm³/mol. The minimum atomic E-state index is -0.910. The highest BCUT2D eigenvalue weighted by atomic mass is 16.5. The van der Waals surface area contributed by atoms with Gasteiger partial charge in [0.15, 0.2) is 6.10 Å². The largest absolute Gasteiger partial charge is 0.479 e. The fourth-order valence-electron chi connectivity index (χ4n) is 3.47. The van der Waals surface area contributed by atoms with Crippen LogP contribution in [0.3, 0.4) is 0 Å². The average Bonchev–Trinajstić information content (AvgIpc) is 3.11. The van der Waals surface area contributed by atoms with Crippen molar-refractivity contribution in [1.82, 2.24) is 5.32 Å². The van der Waals surface area contributed by atoms with Gasteiger partial charge in [-0.25, -0.2) is 4.79 Å². The standard InChI is InChI=1S/C14H19NO4/c16-13(11-6-8-1-2-9(11)5-8)15-7-10-3-4-12(19-10)14(17)18/h1-2,8-12H,3-7H2,(H,15,16)(H,17,18). The van der Waals surface area contributed by atoms with Crippen molar-refractivity contribution in [1.29, 1.82) is 0 Å². The molecular formula is C14H19NO4. The molecule has 2 N–H and O–H groups in total. The van der Waals surface area contributed by atoms with Gasteiger partial charge >= 0.3 is 5.97 Å². The first-order chi connectivity index (χ1) is 9.13. The normalized spacial score (nSPS) is 39.7. The molecular weight excluding hydrogens is 246 g/mol. The third-order valence-electron chi connectivity index (χ3n) is 4.50. The maximum atomic E-state index is 12.1. The number of ether oxygens (including phenoxy) is 1. The van der Waals surface area contributed by atoms with Gasteiger partial charge in [-0.05, 0) is 37.5 Å². The summed E-state index contributed by atoms with van der Waals surface area (Å²) in [5.74, 6) is 0.277. The molecule has 5 nitrogen and oxygen atoms in total. The molecule has 5 heteroatoms. The van der Waals surface area contributed by atoms with E-state index in [0.29, 0.717) is 31.2 Å². The summed E-state index contributed by atoms with van der Waals surface area (Å²) in [4.78, 5) is 22.9. The summed E-state index contributed by atoms with van der Waals surface area (Å²) in [7, 11) is 0. The van der Waals surface area contributed by atoms with Crippen LogP contribution in [0.5, 0.6) is 0 Å². The number of carboxylic acids is 1. The number of carboxylic acid groups (broad SMARTS) is 1. The number of carbonyl (C=O) groups excluding carboxylic acids is 1. The first-order valence-corrected chi connectivity index (χ1v) is 6.98. The van der Waals surface area contributed by atoms with Crippen molar-refractivity contribution >= 4 is 11.9 Å². The number of aliphatic carboxylic acids is 1. The highest BCUT2D eigenvalue weighted by Crippen LogP contribution is 2.43. The summed E-state index contributed by atoms with van der Waals surface area (Å²) in [6.45, 7) is 0.431. The van der Waals surface area contributed by atoms with Crippen molar-refractivity contribution in [2.24, 2.45) is 17.8 Å². The van der Waals surface area contributed by atoms with E-state index in [9.17, 15) is 9.59 Å². The number of carbonyl (C=O) groups is 2. The molecule has 2 fully saturated rings. The van der Waals surface area contributed by atoms with E-state index >= 15 is 0 Å². The van der Waals surface area contributed by atoms with Crippen molar-refractivity contribution in [3.05, 3.63) is 12.2 Å². The van der Waals surface area contributed by atoms with E-state index in [1.165, 1.54) is 0 Å². The van der Waals surface area contributed by atoms with Crippen molar-refractivity contribution < 1.29 is 19.4 Å². The Morgan fingerprint density at radius 1 is 1.26 bits per heavy atom. The lowest BCUT2D eigenvalue weighted by Crippen LogP contribution is -2.38. The molecule has 5 atom stereocenters. The summed E-state index contributed by atoms with van der Waals surface area (Å²) in [6, 6.07) is 0. The van der Waals surface area contributed by atoms with E-state index in [4.69, 9.17) is 9.84 Å². The van der Waals surface area contributed by atoms with Crippen molar-refractivity contribution in [3.63, 3.8) is 0 Å². The zero-order chi connectivity index (χ0) is 13.4. The Labute approximate surface area is 112 Å². The van der Waals surface area contributed by atoms with Crippen LogP contribution in [0.4, 0.5) is 0 Å². The molecule has 0 aromatic carbocycles. The Hall–Kier alpha value is -1.36. The quantitative estimate of drug-likeness (QED) is 0.742. The smallest absolute Gasteiger partial charge is 0.332 e. The Kier molecular flexibility index (Phi) is 3.31. The number of amides is 1. The molecule has 0 spiro atoms. The maximum absolute atomic E-state index is 12.1. The zero-order valence-electron chi connectivity index (χ0n) is 10.7. The summed E-state index contributed by atoms with van der Waals surface area (Å²) < 4.78 is 5.37. The molecule has 1 saturated carbocycles. The molecule has 1 aliphatic heterocycles. The van der Waals surface area contributed by atoms with Crippen LogP contribution in [0, 0.1) is 17.8 Å². The number of allylic oxidation sites excluding steroid dienone is 2. The molecule has 3 aliphatic rings. The van der Waals surface area contributed by atoms with Crippen LogP contribution < -0.4 is 5.32 Å². The van der Waals surface area contributed by atoms with E-state index in [-0.39, 0.29) is 17.9 Å². The summed E-state index contributed by atoms with van der Waals surface area (Å²) in [5, 5.41) is 11.8. The predicted octanol–water partition coefficient (Wildman–Crippen LogP) is 0.947. The molecule has 2 aliphatic carbocycles. The van der Waals surface area contributed by atoms with Gasteiger partial charge in [0.25, 0.3) is 0 Å². The third-order valence-corrected chi connectivity index (χ3v) is 4.50. The van der Waals surface area contributed by atoms with Gasteiger partial charge in [0, 0.05) is 12.5 Å². The highest BCUT2D eigenvalue weighted by molar-refractivity contribution is 5.80.